The highest BCUT2D eigenvalue weighted by molar-refractivity contribution is 7.92. The Balaban J connectivity index is 2.43. The summed E-state index contributed by atoms with van der Waals surface area (Å²) in [5.41, 5.74) is 6.23. The molecule has 0 radical (unpaired) electrons. The van der Waals surface area contributed by atoms with Gasteiger partial charge in [-0.25, -0.2) is 27.5 Å². The van der Waals surface area contributed by atoms with E-state index in [9.17, 15) is 12.8 Å². The summed E-state index contributed by atoms with van der Waals surface area (Å²) in [6.07, 6.45) is 0. The first-order chi connectivity index (χ1) is 9.29. The number of halogens is 1. The molecule has 2 rings (SSSR count). The number of nitrogens with one attached hydrogen (secondary N) is 1. The van der Waals surface area contributed by atoms with E-state index in [-0.39, 0.29) is 10.8 Å². The van der Waals surface area contributed by atoms with Crippen LogP contribution in [0.4, 0.5) is 16.0 Å². The molecule has 0 amide bonds. The molecule has 0 saturated heterocycles. The predicted octanol–water partition coefficient (Wildman–Crippen LogP) is 1.62. The highest BCUT2D eigenvalue weighted by Crippen LogP contribution is 2.22. The van der Waals surface area contributed by atoms with E-state index >= 15 is 0 Å². The third-order valence-corrected chi connectivity index (χ3v) is 3.90. The van der Waals surface area contributed by atoms with Gasteiger partial charge < -0.3 is 5.73 Å². The number of nitrogen functional groups attached to an aromatic ring is 1. The number of hydrogen-bond acceptors (Lipinski definition) is 5. The lowest BCUT2D eigenvalue weighted by Crippen LogP contribution is -2.17. The molecule has 1 aromatic carbocycles. The van der Waals surface area contributed by atoms with E-state index in [4.69, 9.17) is 5.73 Å². The normalized spacial score (nSPS) is 11.3. The molecule has 0 aliphatic rings. The van der Waals surface area contributed by atoms with E-state index in [0.29, 0.717) is 11.4 Å². The summed E-state index contributed by atoms with van der Waals surface area (Å²) in [5.74, 6) is -0.875. The number of anilines is 2. The molecule has 0 aliphatic carbocycles. The van der Waals surface area contributed by atoms with E-state index in [1.807, 2.05) is 0 Å². The summed E-state index contributed by atoms with van der Waals surface area (Å²) in [7, 11) is -4.04. The fourth-order valence-corrected chi connectivity index (χ4v) is 2.78. The molecule has 20 heavy (non-hydrogen) atoms. The number of nitrogens with two attached hydrogens (primary N) is 1. The van der Waals surface area contributed by atoms with Crippen molar-refractivity contribution in [2.45, 2.75) is 18.7 Å². The lowest BCUT2D eigenvalue weighted by Gasteiger charge is -2.10. The average Bonchev–Trinajstić information content (AvgIpc) is 2.30. The van der Waals surface area contributed by atoms with Crippen molar-refractivity contribution in [3.8, 4) is 0 Å². The van der Waals surface area contributed by atoms with E-state index in [1.54, 1.807) is 19.9 Å². The van der Waals surface area contributed by atoms with Crippen LogP contribution in [0.2, 0.25) is 0 Å². The molecule has 0 unspecified atom stereocenters. The van der Waals surface area contributed by atoms with Gasteiger partial charge in [0, 0.05) is 11.4 Å². The Morgan fingerprint density at radius 3 is 2.40 bits per heavy atom. The molecule has 106 valence electrons. The lowest BCUT2D eigenvalue weighted by atomic mass is 10.3. The lowest BCUT2D eigenvalue weighted by molar-refractivity contribution is 0.597. The van der Waals surface area contributed by atoms with Gasteiger partial charge in [-0.05, 0) is 32.0 Å². The molecule has 0 bridgehead atoms. The fraction of sp³-hybridized carbons (Fsp3) is 0.167. The van der Waals surface area contributed by atoms with Crippen molar-refractivity contribution < 1.29 is 12.8 Å². The summed E-state index contributed by atoms with van der Waals surface area (Å²) in [4.78, 5) is 7.57. The smallest absolute Gasteiger partial charge is 0.266 e. The van der Waals surface area contributed by atoms with Crippen molar-refractivity contribution in [3.63, 3.8) is 0 Å². The van der Waals surface area contributed by atoms with Crippen LogP contribution >= 0.6 is 0 Å². The van der Waals surface area contributed by atoms with Crippen LogP contribution in [0.5, 0.6) is 0 Å². The van der Waals surface area contributed by atoms with Gasteiger partial charge in [-0.3, -0.25) is 0 Å². The first kappa shape index (κ1) is 14.2. The molecule has 0 fully saturated rings. The van der Waals surface area contributed by atoms with Crippen LogP contribution in [0.1, 0.15) is 11.4 Å². The molecule has 0 saturated carbocycles. The summed E-state index contributed by atoms with van der Waals surface area (Å²) >= 11 is 0. The van der Waals surface area contributed by atoms with Crippen LogP contribution in [-0.2, 0) is 10.0 Å². The van der Waals surface area contributed by atoms with Crippen LogP contribution in [0.15, 0.2) is 29.2 Å². The Morgan fingerprint density at radius 1 is 1.20 bits per heavy atom. The highest BCUT2D eigenvalue weighted by Gasteiger charge is 2.20. The molecule has 1 aromatic heterocycles. The van der Waals surface area contributed by atoms with Crippen LogP contribution in [0, 0.1) is 19.7 Å². The van der Waals surface area contributed by atoms with Crippen molar-refractivity contribution in [3.05, 3.63) is 41.5 Å². The number of sulfonamides is 1. The molecule has 0 atom stereocenters. The van der Waals surface area contributed by atoms with Crippen molar-refractivity contribution >= 4 is 21.7 Å². The van der Waals surface area contributed by atoms with Crippen molar-refractivity contribution in [2.24, 2.45) is 0 Å². The Bertz CT molecular complexity index is 742. The quantitative estimate of drug-likeness (QED) is 0.839. The molecule has 3 N–H and O–H groups in total. The average molecular weight is 296 g/mol. The second-order valence-electron chi connectivity index (χ2n) is 4.23. The van der Waals surface area contributed by atoms with E-state index in [1.165, 1.54) is 12.1 Å². The number of benzene rings is 1. The van der Waals surface area contributed by atoms with E-state index in [0.717, 1.165) is 6.07 Å². The number of para-hydroxylation sites is 1. The Hall–Kier alpha value is -2.22. The van der Waals surface area contributed by atoms with E-state index < -0.39 is 21.5 Å². The second kappa shape index (κ2) is 5.04. The number of hydrogen-bond donors (Lipinski definition) is 2. The van der Waals surface area contributed by atoms with Gasteiger partial charge in [-0.2, -0.15) is 0 Å². The van der Waals surface area contributed by atoms with Gasteiger partial charge in [0.05, 0.1) is 5.69 Å². The second-order valence-corrected chi connectivity index (χ2v) is 5.88. The maximum Gasteiger partial charge on any atom is 0.266 e. The molecule has 8 heteroatoms. The first-order valence-corrected chi connectivity index (χ1v) is 7.17. The molecule has 2 aromatic rings. The Labute approximate surface area is 115 Å². The number of aryl methyl sites for hydroxylation is 2. The summed E-state index contributed by atoms with van der Waals surface area (Å²) in [6, 6.07) is 5.27. The van der Waals surface area contributed by atoms with Crippen LogP contribution < -0.4 is 10.5 Å². The molecular weight excluding hydrogens is 283 g/mol. The maximum absolute atomic E-state index is 13.3. The SMILES string of the molecule is Cc1cc(C)nc(NS(=O)(=O)c2cccc(F)c2N)n1. The third kappa shape index (κ3) is 2.85. The fourth-order valence-electron chi connectivity index (χ4n) is 1.70. The van der Waals surface area contributed by atoms with E-state index in [2.05, 4.69) is 14.7 Å². The summed E-state index contributed by atoms with van der Waals surface area (Å²) in [6.45, 7) is 3.42. The zero-order valence-corrected chi connectivity index (χ0v) is 11.7. The zero-order chi connectivity index (χ0) is 14.9. The minimum Gasteiger partial charge on any atom is -0.395 e. The van der Waals surface area contributed by atoms with Crippen LogP contribution in [-0.4, -0.2) is 18.4 Å². The highest BCUT2D eigenvalue weighted by atomic mass is 32.2. The molecule has 6 nitrogen and oxygen atoms in total. The van der Waals surface area contributed by atoms with Gasteiger partial charge >= 0.3 is 0 Å². The first-order valence-electron chi connectivity index (χ1n) is 5.69. The minimum atomic E-state index is -4.04. The molecule has 0 aliphatic heterocycles. The zero-order valence-electron chi connectivity index (χ0n) is 10.9. The van der Waals surface area contributed by atoms with Gasteiger partial charge in [0.1, 0.15) is 10.7 Å². The van der Waals surface area contributed by atoms with Crippen molar-refractivity contribution in [1.29, 1.82) is 0 Å². The number of nitrogens with zero attached hydrogens (tertiary/aromatic N) is 2. The Kier molecular flexibility index (Phi) is 3.58. The number of rotatable bonds is 3. The van der Waals surface area contributed by atoms with Crippen LogP contribution in [0.3, 0.4) is 0 Å². The molecule has 0 spiro atoms. The topological polar surface area (TPSA) is 98.0 Å². The summed E-state index contributed by atoms with van der Waals surface area (Å²) < 4.78 is 39.8. The van der Waals surface area contributed by atoms with Gasteiger partial charge in [0.25, 0.3) is 10.0 Å². The summed E-state index contributed by atoms with van der Waals surface area (Å²) in [5, 5.41) is 0. The Morgan fingerprint density at radius 2 is 1.80 bits per heavy atom. The van der Waals surface area contributed by atoms with Crippen molar-refractivity contribution in [1.82, 2.24) is 9.97 Å². The van der Waals surface area contributed by atoms with Gasteiger partial charge in [-0.15, -0.1) is 0 Å². The molecular formula is C12H13FN4O2S. The standard InChI is InChI=1S/C12H13FN4O2S/c1-7-6-8(2)16-12(15-7)17-20(18,19)10-5-3-4-9(13)11(10)14/h3-6H,14H2,1-2H3,(H,15,16,17). The molecule has 1 heterocycles. The van der Waals surface area contributed by atoms with Crippen LogP contribution in [0.25, 0.3) is 0 Å². The number of aromatic nitrogens is 2. The maximum atomic E-state index is 13.3. The van der Waals surface area contributed by atoms with Gasteiger partial charge in [0.15, 0.2) is 0 Å². The third-order valence-electron chi connectivity index (χ3n) is 2.51. The van der Waals surface area contributed by atoms with Gasteiger partial charge in [-0.1, -0.05) is 6.07 Å². The monoisotopic (exact) mass is 296 g/mol. The van der Waals surface area contributed by atoms with Gasteiger partial charge in [0.2, 0.25) is 5.95 Å². The predicted molar refractivity (Wildman–Crippen MR) is 73.1 cm³/mol. The largest absolute Gasteiger partial charge is 0.395 e. The van der Waals surface area contributed by atoms with Crippen molar-refractivity contribution in [2.75, 3.05) is 10.5 Å². The minimum absolute atomic E-state index is 0.0776.